The second-order valence-electron chi connectivity index (χ2n) is 4.07. The quantitative estimate of drug-likeness (QED) is 0.754. The summed E-state index contributed by atoms with van der Waals surface area (Å²) in [6.07, 6.45) is 0. The fourth-order valence-corrected chi connectivity index (χ4v) is 3.48. The Balaban J connectivity index is 3.13. The van der Waals surface area contributed by atoms with Gasteiger partial charge in [0.15, 0.2) is 0 Å². The Morgan fingerprint density at radius 2 is 2.00 bits per heavy atom. The average Bonchev–Trinajstić information content (AvgIpc) is 2.38. The maximum Gasteiger partial charge on any atom is 0.243 e. The highest BCUT2D eigenvalue weighted by Gasteiger charge is 2.27. The van der Waals surface area contributed by atoms with Gasteiger partial charge in [-0.05, 0) is 18.6 Å². The van der Waals surface area contributed by atoms with Crippen LogP contribution in [0.25, 0.3) is 0 Å². The van der Waals surface area contributed by atoms with Gasteiger partial charge in [0.05, 0.1) is 11.5 Å². The first kappa shape index (κ1) is 15.4. The van der Waals surface area contributed by atoms with Gasteiger partial charge in [0.2, 0.25) is 10.0 Å². The van der Waals surface area contributed by atoms with Crippen LogP contribution in [-0.2, 0) is 20.6 Å². The summed E-state index contributed by atoms with van der Waals surface area (Å²) in [6, 6.07) is 6.52. The van der Waals surface area contributed by atoms with Crippen molar-refractivity contribution in [2.24, 2.45) is 0 Å². The molecule has 0 fully saturated rings. The molecule has 0 bridgehead atoms. The van der Waals surface area contributed by atoms with E-state index in [0.29, 0.717) is 12.2 Å². The Morgan fingerprint density at radius 1 is 1.39 bits per heavy atom. The third-order valence-electron chi connectivity index (χ3n) is 2.80. The molecule has 1 aromatic carbocycles. The molecule has 18 heavy (non-hydrogen) atoms. The predicted molar refractivity (Wildman–Crippen MR) is 72.3 cm³/mol. The molecule has 1 atom stereocenters. The van der Waals surface area contributed by atoms with Crippen molar-refractivity contribution in [3.8, 4) is 0 Å². The van der Waals surface area contributed by atoms with Gasteiger partial charge in [0.1, 0.15) is 0 Å². The number of ether oxygens (including phenoxy) is 1. The maximum atomic E-state index is 12.4. The average molecular weight is 292 g/mol. The lowest BCUT2D eigenvalue weighted by atomic mass is 10.2. The van der Waals surface area contributed by atoms with E-state index in [-0.39, 0.29) is 16.8 Å². The molecule has 0 aliphatic heterocycles. The molecule has 6 heteroatoms. The zero-order chi connectivity index (χ0) is 13.8. The zero-order valence-corrected chi connectivity index (χ0v) is 12.3. The van der Waals surface area contributed by atoms with E-state index < -0.39 is 10.0 Å². The summed E-state index contributed by atoms with van der Waals surface area (Å²) in [6.45, 7) is 2.14. The van der Waals surface area contributed by atoms with Crippen LogP contribution in [0.3, 0.4) is 0 Å². The number of rotatable bonds is 6. The molecule has 0 saturated heterocycles. The summed E-state index contributed by atoms with van der Waals surface area (Å²) in [7, 11) is -0.443. The Labute approximate surface area is 114 Å². The summed E-state index contributed by atoms with van der Waals surface area (Å²) >= 11 is 5.78. The molecule has 102 valence electrons. The Kier molecular flexibility index (Phi) is 5.59. The molecule has 1 unspecified atom stereocenters. The third kappa shape index (κ3) is 3.23. The minimum absolute atomic E-state index is 0.169. The first-order chi connectivity index (χ1) is 8.45. The molecule has 0 heterocycles. The molecule has 0 saturated carbocycles. The van der Waals surface area contributed by atoms with Crippen molar-refractivity contribution in [2.45, 2.75) is 23.7 Å². The molecule has 0 aromatic heterocycles. The van der Waals surface area contributed by atoms with Crippen molar-refractivity contribution in [2.75, 3.05) is 20.8 Å². The van der Waals surface area contributed by atoms with E-state index in [2.05, 4.69) is 0 Å². The summed E-state index contributed by atoms with van der Waals surface area (Å²) in [5.74, 6) is 0.169. The molecule has 4 nitrogen and oxygen atoms in total. The van der Waals surface area contributed by atoms with Gasteiger partial charge in [-0.2, -0.15) is 4.31 Å². The van der Waals surface area contributed by atoms with Gasteiger partial charge >= 0.3 is 0 Å². The maximum absolute atomic E-state index is 12.4. The molecule has 0 radical (unpaired) electrons. The molecular formula is C12H18ClNO3S. The minimum atomic E-state index is -3.53. The van der Waals surface area contributed by atoms with Crippen LogP contribution in [0.5, 0.6) is 0 Å². The number of methoxy groups -OCH3 is 1. The van der Waals surface area contributed by atoms with Crippen LogP contribution in [0, 0.1) is 0 Å². The van der Waals surface area contributed by atoms with Crippen LogP contribution in [0.1, 0.15) is 12.5 Å². The summed E-state index contributed by atoms with van der Waals surface area (Å²) < 4.78 is 31.2. The van der Waals surface area contributed by atoms with E-state index in [1.54, 1.807) is 45.3 Å². The zero-order valence-electron chi connectivity index (χ0n) is 10.8. The number of sulfonamides is 1. The standard InChI is InChI=1S/C12H18ClNO3S/c1-10(9-17-3)14(2)18(15,16)12-7-5-4-6-11(12)8-13/h4-7,10H,8-9H2,1-3H3. The number of benzene rings is 1. The smallest absolute Gasteiger partial charge is 0.243 e. The second-order valence-corrected chi connectivity index (χ2v) is 6.30. The van der Waals surface area contributed by atoms with E-state index in [1.807, 2.05) is 0 Å². The Hall–Kier alpha value is -0.620. The van der Waals surface area contributed by atoms with Crippen molar-refractivity contribution in [3.63, 3.8) is 0 Å². The van der Waals surface area contributed by atoms with E-state index in [4.69, 9.17) is 16.3 Å². The number of halogens is 1. The number of hydrogen-bond acceptors (Lipinski definition) is 3. The topological polar surface area (TPSA) is 46.6 Å². The number of alkyl halides is 1. The largest absolute Gasteiger partial charge is 0.383 e. The van der Waals surface area contributed by atoms with Crippen LogP contribution in [0.2, 0.25) is 0 Å². The van der Waals surface area contributed by atoms with E-state index in [0.717, 1.165) is 0 Å². The summed E-state index contributed by atoms with van der Waals surface area (Å²) in [5, 5.41) is 0. The number of hydrogen-bond donors (Lipinski definition) is 0. The Morgan fingerprint density at radius 3 is 2.56 bits per heavy atom. The van der Waals surface area contributed by atoms with Crippen molar-refractivity contribution in [1.29, 1.82) is 0 Å². The number of nitrogens with zero attached hydrogens (tertiary/aromatic N) is 1. The molecule has 1 rings (SSSR count). The predicted octanol–water partition coefficient (Wildman–Crippen LogP) is 2.08. The minimum Gasteiger partial charge on any atom is -0.383 e. The fraction of sp³-hybridized carbons (Fsp3) is 0.500. The van der Waals surface area contributed by atoms with Gasteiger partial charge in [-0.1, -0.05) is 18.2 Å². The van der Waals surface area contributed by atoms with Crippen molar-refractivity contribution in [3.05, 3.63) is 29.8 Å². The van der Waals surface area contributed by atoms with Crippen molar-refractivity contribution < 1.29 is 13.2 Å². The molecular weight excluding hydrogens is 274 g/mol. The van der Waals surface area contributed by atoms with Gasteiger partial charge in [0.25, 0.3) is 0 Å². The summed E-state index contributed by atoms with van der Waals surface area (Å²) in [5.41, 5.74) is 0.607. The second kappa shape index (κ2) is 6.52. The van der Waals surface area contributed by atoms with E-state index >= 15 is 0 Å². The molecule has 0 N–H and O–H groups in total. The highest BCUT2D eigenvalue weighted by Crippen LogP contribution is 2.22. The van der Waals surface area contributed by atoms with Crippen LogP contribution in [0.4, 0.5) is 0 Å². The van der Waals surface area contributed by atoms with Crippen LogP contribution < -0.4 is 0 Å². The van der Waals surface area contributed by atoms with Crippen molar-refractivity contribution in [1.82, 2.24) is 4.31 Å². The highest BCUT2D eigenvalue weighted by atomic mass is 35.5. The van der Waals surface area contributed by atoms with Gasteiger partial charge in [-0.25, -0.2) is 8.42 Å². The van der Waals surface area contributed by atoms with Gasteiger partial charge in [0, 0.05) is 26.1 Å². The first-order valence-electron chi connectivity index (χ1n) is 5.56. The monoisotopic (exact) mass is 291 g/mol. The van der Waals surface area contributed by atoms with Crippen molar-refractivity contribution >= 4 is 21.6 Å². The highest BCUT2D eigenvalue weighted by molar-refractivity contribution is 7.89. The fourth-order valence-electron chi connectivity index (χ4n) is 1.60. The lowest BCUT2D eigenvalue weighted by Crippen LogP contribution is -2.38. The first-order valence-corrected chi connectivity index (χ1v) is 7.53. The van der Waals surface area contributed by atoms with E-state index in [1.165, 1.54) is 4.31 Å². The molecule has 1 aromatic rings. The van der Waals surface area contributed by atoms with E-state index in [9.17, 15) is 8.42 Å². The normalized spacial score (nSPS) is 13.8. The van der Waals surface area contributed by atoms with Crippen LogP contribution in [0.15, 0.2) is 29.2 Å². The molecule has 0 spiro atoms. The molecule has 0 aliphatic rings. The third-order valence-corrected chi connectivity index (χ3v) is 5.16. The Bertz CT molecular complexity index is 490. The van der Waals surface area contributed by atoms with Gasteiger partial charge in [-0.15, -0.1) is 11.6 Å². The summed E-state index contributed by atoms with van der Waals surface area (Å²) in [4.78, 5) is 0.255. The molecule has 0 amide bonds. The molecule has 0 aliphatic carbocycles. The lowest BCUT2D eigenvalue weighted by molar-refractivity contribution is 0.149. The van der Waals surface area contributed by atoms with Crippen LogP contribution >= 0.6 is 11.6 Å². The van der Waals surface area contributed by atoms with Gasteiger partial charge in [-0.3, -0.25) is 0 Å². The van der Waals surface area contributed by atoms with Gasteiger partial charge < -0.3 is 4.74 Å². The van der Waals surface area contributed by atoms with Crippen LogP contribution in [-0.4, -0.2) is 39.5 Å². The lowest BCUT2D eigenvalue weighted by Gasteiger charge is -2.24. The SMILES string of the molecule is COCC(C)N(C)S(=O)(=O)c1ccccc1CCl. The number of likely N-dealkylation sites (N-methyl/N-ethyl adjacent to an activating group) is 1.